The largest absolute Gasteiger partial charge is 0.465 e. The highest BCUT2D eigenvalue weighted by Crippen LogP contribution is 2.22. The van der Waals surface area contributed by atoms with Crippen LogP contribution >= 0.6 is 0 Å². The molecule has 1 aromatic rings. The minimum Gasteiger partial charge on any atom is -0.465 e. The van der Waals surface area contributed by atoms with E-state index in [9.17, 15) is 14.4 Å². The Balaban J connectivity index is 1.99. The summed E-state index contributed by atoms with van der Waals surface area (Å²) >= 11 is 0. The van der Waals surface area contributed by atoms with Gasteiger partial charge in [0, 0.05) is 32.8 Å². The third-order valence-corrected chi connectivity index (χ3v) is 4.15. The van der Waals surface area contributed by atoms with Crippen molar-refractivity contribution in [2.75, 3.05) is 40.0 Å². The maximum atomic E-state index is 12.8. The van der Waals surface area contributed by atoms with Crippen LogP contribution in [0.15, 0.2) is 24.4 Å². The van der Waals surface area contributed by atoms with E-state index in [2.05, 4.69) is 4.98 Å². The van der Waals surface area contributed by atoms with Crippen molar-refractivity contribution >= 4 is 17.8 Å². The fraction of sp³-hybridized carbons (Fsp3) is 0.556. The van der Waals surface area contributed by atoms with Gasteiger partial charge >= 0.3 is 5.97 Å². The van der Waals surface area contributed by atoms with E-state index in [1.54, 1.807) is 18.0 Å². The number of hydrogen-bond donors (Lipinski definition) is 0. The molecule has 8 nitrogen and oxygen atoms in total. The number of rotatable bonds is 9. The van der Waals surface area contributed by atoms with Gasteiger partial charge in [-0.1, -0.05) is 6.07 Å². The van der Waals surface area contributed by atoms with Crippen LogP contribution in [0.2, 0.25) is 0 Å². The molecule has 1 unspecified atom stereocenters. The predicted molar refractivity (Wildman–Crippen MR) is 92.9 cm³/mol. The molecule has 0 aromatic carbocycles. The van der Waals surface area contributed by atoms with Crippen LogP contribution < -0.4 is 0 Å². The van der Waals surface area contributed by atoms with E-state index in [1.807, 2.05) is 18.2 Å². The first-order chi connectivity index (χ1) is 12.5. The normalized spacial score (nSPS) is 16.6. The van der Waals surface area contributed by atoms with Crippen molar-refractivity contribution in [3.8, 4) is 0 Å². The zero-order chi connectivity index (χ0) is 18.9. The van der Waals surface area contributed by atoms with Gasteiger partial charge < -0.3 is 19.3 Å². The Morgan fingerprint density at radius 2 is 2.19 bits per heavy atom. The van der Waals surface area contributed by atoms with Crippen LogP contribution in [0.25, 0.3) is 0 Å². The Kier molecular flexibility index (Phi) is 7.53. The van der Waals surface area contributed by atoms with Crippen LogP contribution in [-0.4, -0.2) is 72.5 Å². The fourth-order valence-corrected chi connectivity index (χ4v) is 2.87. The van der Waals surface area contributed by atoms with Crippen molar-refractivity contribution < 1.29 is 23.9 Å². The molecule has 1 aliphatic heterocycles. The van der Waals surface area contributed by atoms with Crippen molar-refractivity contribution in [2.45, 2.75) is 19.9 Å². The second kappa shape index (κ2) is 9.86. The minimum absolute atomic E-state index is 0.0863. The smallest absolute Gasteiger partial charge is 0.325 e. The van der Waals surface area contributed by atoms with Gasteiger partial charge in [-0.3, -0.25) is 19.4 Å². The Bertz CT molecular complexity index is 623. The van der Waals surface area contributed by atoms with Gasteiger partial charge in [-0.2, -0.15) is 0 Å². The highest BCUT2D eigenvalue weighted by molar-refractivity contribution is 5.90. The molecule has 2 heterocycles. The summed E-state index contributed by atoms with van der Waals surface area (Å²) in [6, 6.07) is 5.51. The van der Waals surface area contributed by atoms with Crippen LogP contribution in [0, 0.1) is 5.92 Å². The molecule has 0 spiro atoms. The van der Waals surface area contributed by atoms with Crippen molar-refractivity contribution in [1.29, 1.82) is 0 Å². The number of likely N-dealkylation sites (tertiary alicyclic amines) is 1. The van der Waals surface area contributed by atoms with Crippen molar-refractivity contribution in [2.24, 2.45) is 5.92 Å². The molecule has 1 saturated heterocycles. The predicted octanol–water partition coefficient (Wildman–Crippen LogP) is 0.468. The van der Waals surface area contributed by atoms with Gasteiger partial charge in [0.15, 0.2) is 0 Å². The van der Waals surface area contributed by atoms with E-state index in [-0.39, 0.29) is 37.9 Å². The summed E-state index contributed by atoms with van der Waals surface area (Å²) in [5.74, 6) is -1.26. The number of nitrogens with zero attached hydrogens (tertiary/aromatic N) is 3. The third-order valence-electron chi connectivity index (χ3n) is 4.15. The summed E-state index contributed by atoms with van der Waals surface area (Å²) in [5.41, 5.74) is 0.775. The average molecular weight is 363 g/mol. The molecule has 0 saturated carbocycles. The van der Waals surface area contributed by atoms with Crippen LogP contribution in [0.3, 0.4) is 0 Å². The summed E-state index contributed by atoms with van der Waals surface area (Å²) in [4.78, 5) is 44.1. The molecular weight excluding hydrogens is 338 g/mol. The number of carbonyl (C=O) groups is 3. The van der Waals surface area contributed by atoms with Crippen LogP contribution in [-0.2, 0) is 30.4 Å². The summed E-state index contributed by atoms with van der Waals surface area (Å²) in [7, 11) is 1.53. The highest BCUT2D eigenvalue weighted by Gasteiger charge is 2.37. The van der Waals surface area contributed by atoms with Gasteiger partial charge in [-0.05, 0) is 19.1 Å². The van der Waals surface area contributed by atoms with E-state index in [4.69, 9.17) is 9.47 Å². The molecule has 8 heteroatoms. The molecule has 26 heavy (non-hydrogen) atoms. The maximum Gasteiger partial charge on any atom is 0.325 e. The standard InChI is InChI=1S/C18H25N3O5/c1-3-26-17(23)13-20(8-9-25-2)18(24)14-10-16(22)21(11-14)12-15-6-4-5-7-19-15/h4-7,14H,3,8-13H2,1-2H3. The molecule has 1 fully saturated rings. The number of hydrogen-bond acceptors (Lipinski definition) is 6. The second-order valence-electron chi connectivity index (χ2n) is 6.05. The number of aromatic nitrogens is 1. The summed E-state index contributed by atoms with van der Waals surface area (Å²) in [6.45, 7) is 3.11. The Hall–Kier alpha value is -2.48. The zero-order valence-electron chi connectivity index (χ0n) is 15.2. The molecule has 1 aromatic heterocycles. The molecule has 0 N–H and O–H groups in total. The van der Waals surface area contributed by atoms with Crippen LogP contribution in [0.4, 0.5) is 0 Å². The van der Waals surface area contributed by atoms with Gasteiger partial charge in [0.1, 0.15) is 6.54 Å². The lowest BCUT2D eigenvalue weighted by molar-refractivity contribution is -0.150. The Labute approximate surface area is 153 Å². The van der Waals surface area contributed by atoms with E-state index in [0.717, 1.165) is 5.69 Å². The Morgan fingerprint density at radius 3 is 2.85 bits per heavy atom. The topological polar surface area (TPSA) is 89.0 Å². The minimum atomic E-state index is -0.475. The summed E-state index contributed by atoms with van der Waals surface area (Å²) in [5, 5.41) is 0. The molecule has 1 aliphatic rings. The van der Waals surface area contributed by atoms with Gasteiger partial charge in [0.05, 0.1) is 31.4 Å². The zero-order valence-corrected chi connectivity index (χ0v) is 15.2. The average Bonchev–Trinajstić information content (AvgIpc) is 2.99. The van der Waals surface area contributed by atoms with Gasteiger partial charge in [0.2, 0.25) is 11.8 Å². The Morgan fingerprint density at radius 1 is 1.38 bits per heavy atom. The lowest BCUT2D eigenvalue weighted by Gasteiger charge is -2.24. The maximum absolute atomic E-state index is 12.8. The number of carbonyl (C=O) groups excluding carboxylic acids is 3. The molecule has 1 atom stereocenters. The number of esters is 1. The van der Waals surface area contributed by atoms with E-state index in [0.29, 0.717) is 19.7 Å². The van der Waals surface area contributed by atoms with Crippen LogP contribution in [0.5, 0.6) is 0 Å². The molecule has 0 bridgehead atoms. The summed E-state index contributed by atoms with van der Waals surface area (Å²) < 4.78 is 9.94. The quantitative estimate of drug-likeness (QED) is 0.593. The van der Waals surface area contributed by atoms with Crippen LogP contribution in [0.1, 0.15) is 19.0 Å². The van der Waals surface area contributed by atoms with Gasteiger partial charge in [-0.25, -0.2) is 0 Å². The van der Waals surface area contributed by atoms with E-state index < -0.39 is 11.9 Å². The summed E-state index contributed by atoms with van der Waals surface area (Å²) in [6.07, 6.45) is 1.81. The van der Waals surface area contributed by atoms with Gasteiger partial charge in [-0.15, -0.1) is 0 Å². The van der Waals surface area contributed by atoms with Crippen molar-refractivity contribution in [3.05, 3.63) is 30.1 Å². The highest BCUT2D eigenvalue weighted by atomic mass is 16.5. The van der Waals surface area contributed by atoms with Crippen molar-refractivity contribution in [3.63, 3.8) is 0 Å². The lowest BCUT2D eigenvalue weighted by atomic mass is 10.1. The second-order valence-corrected chi connectivity index (χ2v) is 6.05. The van der Waals surface area contributed by atoms with E-state index in [1.165, 1.54) is 12.0 Å². The molecule has 2 amide bonds. The molecule has 0 aliphatic carbocycles. The molecule has 2 rings (SSSR count). The number of pyridine rings is 1. The third kappa shape index (κ3) is 5.52. The first kappa shape index (κ1) is 19.8. The van der Waals surface area contributed by atoms with Crippen molar-refractivity contribution in [1.82, 2.24) is 14.8 Å². The first-order valence-corrected chi connectivity index (χ1v) is 8.66. The number of methoxy groups -OCH3 is 1. The first-order valence-electron chi connectivity index (χ1n) is 8.66. The molecule has 142 valence electrons. The SMILES string of the molecule is CCOC(=O)CN(CCOC)C(=O)C1CC(=O)N(Cc2ccccn2)C1. The lowest BCUT2D eigenvalue weighted by Crippen LogP contribution is -2.42. The monoisotopic (exact) mass is 363 g/mol. The molecular formula is C18H25N3O5. The molecule has 0 radical (unpaired) electrons. The fourth-order valence-electron chi connectivity index (χ4n) is 2.87. The van der Waals surface area contributed by atoms with E-state index >= 15 is 0 Å². The van der Waals surface area contributed by atoms with Gasteiger partial charge in [0.25, 0.3) is 0 Å². The number of ether oxygens (including phenoxy) is 2. The number of amides is 2.